The molecule has 0 spiro atoms. The molecule has 1 saturated heterocycles. The number of benzene rings is 1. The summed E-state index contributed by atoms with van der Waals surface area (Å²) in [5, 5.41) is 10.2. The van der Waals surface area contributed by atoms with E-state index in [0.717, 1.165) is 5.56 Å². The molecule has 2 rings (SSSR count). The number of hydrogen-bond acceptors (Lipinski definition) is 3. The fourth-order valence-electron chi connectivity index (χ4n) is 4.36. The summed E-state index contributed by atoms with van der Waals surface area (Å²) in [6.07, 6.45) is -1.55. The first kappa shape index (κ1) is 22.7. The Morgan fingerprint density at radius 1 is 1.04 bits per heavy atom. The Kier molecular flexibility index (Phi) is 8.34. The third kappa shape index (κ3) is 5.28. The summed E-state index contributed by atoms with van der Waals surface area (Å²) >= 11 is 0. The van der Waals surface area contributed by atoms with Crippen molar-refractivity contribution in [2.75, 3.05) is 6.61 Å². The fraction of sp³-hybridized carbons (Fsp3) is 0.583. The highest BCUT2D eigenvalue weighted by Crippen LogP contribution is 2.40. The number of rotatable bonds is 6. The van der Waals surface area contributed by atoms with Crippen molar-refractivity contribution in [2.45, 2.75) is 83.1 Å². The number of aliphatic hydroxyl groups is 1. The quantitative estimate of drug-likeness (QED) is 0.564. The van der Waals surface area contributed by atoms with Gasteiger partial charge in [0.05, 0.1) is 13.2 Å². The van der Waals surface area contributed by atoms with Gasteiger partial charge >= 0.3 is 0 Å². The molecule has 1 fully saturated rings. The first-order valence-electron chi connectivity index (χ1n) is 10.3. The summed E-state index contributed by atoms with van der Waals surface area (Å²) in [4.78, 5) is 0. The van der Waals surface area contributed by atoms with E-state index in [-0.39, 0.29) is 6.61 Å². The van der Waals surface area contributed by atoms with Crippen LogP contribution in [0.15, 0.2) is 30.3 Å². The third-order valence-corrected chi connectivity index (χ3v) is 12.1. The van der Waals surface area contributed by atoms with Crippen LogP contribution in [-0.4, -0.2) is 38.1 Å². The largest absolute Gasteiger partial charge is 0.388 e. The van der Waals surface area contributed by atoms with Crippen molar-refractivity contribution < 1.29 is 14.6 Å². The molecule has 0 aliphatic carbocycles. The summed E-state index contributed by atoms with van der Waals surface area (Å²) in [5.41, 5.74) is 6.39. The Balaban J connectivity index is 2.10. The van der Waals surface area contributed by atoms with Gasteiger partial charge in [-0.3, -0.25) is 0 Å². The molecule has 0 bridgehead atoms. The third-order valence-electron chi connectivity index (χ3n) is 5.83. The van der Waals surface area contributed by atoms with Crippen molar-refractivity contribution in [3.05, 3.63) is 35.9 Å². The van der Waals surface area contributed by atoms with E-state index in [1.165, 1.54) is 0 Å². The zero-order valence-electron chi connectivity index (χ0n) is 18.0. The molecule has 1 aromatic rings. The minimum absolute atomic E-state index is 0.245. The Morgan fingerprint density at radius 2 is 1.64 bits per heavy atom. The van der Waals surface area contributed by atoms with Gasteiger partial charge in [0, 0.05) is 0 Å². The van der Waals surface area contributed by atoms with Gasteiger partial charge in [0.2, 0.25) is 0 Å². The predicted octanol–water partition coefficient (Wildman–Crippen LogP) is 4.56. The highest BCUT2D eigenvalue weighted by Gasteiger charge is 2.41. The highest BCUT2D eigenvalue weighted by molar-refractivity contribution is 6.90. The predicted molar refractivity (Wildman–Crippen MR) is 117 cm³/mol. The maximum Gasteiger partial charge on any atom is 0.148 e. The normalized spacial score (nSPS) is 22.1. The molecule has 0 saturated carbocycles. The minimum Gasteiger partial charge on any atom is -0.388 e. The van der Waals surface area contributed by atoms with Crippen LogP contribution in [-0.2, 0) is 16.1 Å². The van der Waals surface area contributed by atoms with E-state index in [1.807, 2.05) is 30.3 Å². The van der Waals surface area contributed by atoms with Crippen LogP contribution in [0.25, 0.3) is 0 Å². The minimum atomic E-state index is -1.78. The summed E-state index contributed by atoms with van der Waals surface area (Å²) in [7, 11) is -1.78. The second kappa shape index (κ2) is 10.3. The molecule has 152 valence electrons. The van der Waals surface area contributed by atoms with Gasteiger partial charge in [-0.15, -0.1) is 5.54 Å². The molecule has 0 unspecified atom stereocenters. The molecular formula is C24H34O3Si. The molecule has 28 heavy (non-hydrogen) atoms. The van der Waals surface area contributed by atoms with Gasteiger partial charge in [-0.25, -0.2) is 0 Å². The highest BCUT2D eigenvalue weighted by atomic mass is 28.3. The average Bonchev–Trinajstić information content (AvgIpc) is 2.99. The van der Waals surface area contributed by atoms with Crippen LogP contribution in [0.5, 0.6) is 0 Å². The Labute approximate surface area is 171 Å². The molecule has 4 heteroatoms. The summed E-state index contributed by atoms with van der Waals surface area (Å²) in [5.74, 6) is 9.22. The Morgan fingerprint density at radius 3 is 2.21 bits per heavy atom. The number of aliphatic hydroxyl groups excluding tert-OH is 1. The topological polar surface area (TPSA) is 38.7 Å². The van der Waals surface area contributed by atoms with E-state index in [9.17, 15) is 5.11 Å². The Bertz CT molecular complexity index is 712. The molecule has 1 heterocycles. The zero-order chi connectivity index (χ0) is 20.7. The van der Waals surface area contributed by atoms with E-state index in [4.69, 9.17) is 9.47 Å². The lowest BCUT2D eigenvalue weighted by atomic mass is 10.1. The lowest BCUT2D eigenvalue weighted by Gasteiger charge is -2.37. The van der Waals surface area contributed by atoms with Crippen molar-refractivity contribution in [1.82, 2.24) is 0 Å². The van der Waals surface area contributed by atoms with E-state index >= 15 is 0 Å². The first-order chi connectivity index (χ1) is 13.3. The van der Waals surface area contributed by atoms with Gasteiger partial charge in [-0.05, 0) is 34.0 Å². The van der Waals surface area contributed by atoms with Crippen LogP contribution in [0, 0.1) is 23.3 Å². The maximum absolute atomic E-state index is 10.2. The number of hydrogen-bond donors (Lipinski definition) is 1. The standard InChI is InChI=1S/C24H34O3Si/c1-18(2)28(19(3)4,20(5)6)15-11-10-14-23-24(22(25)17-26-23)27-16-21-12-8-7-9-13-21/h7-9,12-13,18-20,22-25H,16-17H2,1-6H3/t22-,23+,24+/m1/s1. The van der Waals surface area contributed by atoms with Gasteiger partial charge in [0.15, 0.2) is 0 Å². The van der Waals surface area contributed by atoms with Crippen molar-refractivity contribution >= 4 is 8.07 Å². The van der Waals surface area contributed by atoms with Gasteiger partial charge in [-0.1, -0.05) is 77.8 Å². The van der Waals surface area contributed by atoms with Gasteiger partial charge < -0.3 is 14.6 Å². The van der Waals surface area contributed by atoms with Crippen molar-refractivity contribution in [3.8, 4) is 23.3 Å². The van der Waals surface area contributed by atoms with Gasteiger partial charge in [0.1, 0.15) is 26.4 Å². The second-order valence-electron chi connectivity index (χ2n) is 8.50. The molecule has 1 aliphatic rings. The van der Waals surface area contributed by atoms with Crippen molar-refractivity contribution in [3.63, 3.8) is 0 Å². The van der Waals surface area contributed by atoms with E-state index in [0.29, 0.717) is 23.2 Å². The van der Waals surface area contributed by atoms with Crippen molar-refractivity contribution in [1.29, 1.82) is 0 Å². The van der Waals surface area contributed by atoms with Crippen LogP contribution in [0.4, 0.5) is 0 Å². The summed E-state index contributed by atoms with van der Waals surface area (Å²) in [6.45, 7) is 14.4. The van der Waals surface area contributed by atoms with Crippen LogP contribution in [0.2, 0.25) is 16.6 Å². The van der Waals surface area contributed by atoms with Crippen molar-refractivity contribution in [2.24, 2.45) is 0 Å². The average molecular weight is 399 g/mol. The number of ether oxygens (including phenoxy) is 2. The van der Waals surface area contributed by atoms with Crippen LogP contribution >= 0.6 is 0 Å². The summed E-state index contributed by atoms with van der Waals surface area (Å²) in [6, 6.07) is 9.92. The lowest BCUT2D eigenvalue weighted by Crippen LogP contribution is -2.43. The van der Waals surface area contributed by atoms with Gasteiger partial charge in [-0.2, -0.15) is 0 Å². The fourth-order valence-corrected chi connectivity index (χ4v) is 9.51. The molecule has 0 amide bonds. The second-order valence-corrected chi connectivity index (χ2v) is 14.1. The van der Waals surface area contributed by atoms with Crippen LogP contribution in [0.1, 0.15) is 47.1 Å². The molecule has 3 atom stereocenters. The van der Waals surface area contributed by atoms with E-state index in [1.54, 1.807) is 0 Å². The first-order valence-corrected chi connectivity index (χ1v) is 12.5. The van der Waals surface area contributed by atoms with Gasteiger partial charge in [0.25, 0.3) is 0 Å². The smallest absolute Gasteiger partial charge is 0.148 e. The van der Waals surface area contributed by atoms with E-state index in [2.05, 4.69) is 64.8 Å². The van der Waals surface area contributed by atoms with E-state index < -0.39 is 26.4 Å². The maximum atomic E-state index is 10.2. The SMILES string of the molecule is CC(C)[Si](C#CC#C[C@@H]1OC[C@@H](O)[C@@H]1OCc1ccccc1)(C(C)C)C(C)C. The molecule has 3 nitrogen and oxygen atoms in total. The molecule has 1 aromatic carbocycles. The summed E-state index contributed by atoms with van der Waals surface area (Å²) < 4.78 is 11.5. The van der Waals surface area contributed by atoms with Crippen LogP contribution in [0.3, 0.4) is 0 Å². The molecule has 1 aliphatic heterocycles. The molecule has 1 N–H and O–H groups in total. The molecular weight excluding hydrogens is 364 g/mol. The molecule has 0 radical (unpaired) electrons. The van der Waals surface area contributed by atoms with Crippen LogP contribution < -0.4 is 0 Å². The monoisotopic (exact) mass is 398 g/mol. The zero-order valence-corrected chi connectivity index (χ0v) is 19.0. The Hall–Kier alpha value is -1.56. The lowest BCUT2D eigenvalue weighted by molar-refractivity contribution is -0.0317. The molecule has 0 aromatic heterocycles.